The van der Waals surface area contributed by atoms with Gasteiger partial charge in [0.2, 0.25) is 5.69 Å². The second-order valence-electron chi connectivity index (χ2n) is 3.82. The molecule has 0 spiro atoms. The van der Waals surface area contributed by atoms with Crippen molar-refractivity contribution >= 4 is 23.2 Å². The second-order valence-corrected chi connectivity index (χ2v) is 4.18. The molecular formula is C12H11ClN4O. The molecule has 1 aliphatic heterocycles. The lowest BCUT2D eigenvalue weighted by Crippen LogP contribution is -2.28. The first kappa shape index (κ1) is 12.6. The van der Waals surface area contributed by atoms with Crippen LogP contribution in [-0.2, 0) is 4.74 Å². The molecule has 1 aromatic heterocycles. The molecule has 2 heterocycles. The van der Waals surface area contributed by atoms with E-state index in [4.69, 9.17) is 29.3 Å². The number of nitrogens with zero attached hydrogens (tertiary/aromatic N) is 3. The molecule has 0 amide bonds. The molecule has 0 unspecified atom stereocenters. The van der Waals surface area contributed by atoms with E-state index >= 15 is 0 Å². The quantitative estimate of drug-likeness (QED) is 0.656. The Morgan fingerprint density at radius 3 is 2.78 bits per heavy atom. The summed E-state index contributed by atoms with van der Waals surface area (Å²) in [4.78, 5) is 11.3. The molecule has 6 heteroatoms. The van der Waals surface area contributed by atoms with Crippen LogP contribution >= 0.6 is 11.6 Å². The second kappa shape index (κ2) is 5.68. The Bertz CT molecular complexity index is 526. The normalized spacial score (nSPS) is 15.7. The molecule has 2 rings (SSSR count). The van der Waals surface area contributed by atoms with Gasteiger partial charge >= 0.3 is 5.82 Å². The number of anilines is 1. The van der Waals surface area contributed by atoms with Crippen LogP contribution in [0.2, 0.25) is 5.15 Å². The summed E-state index contributed by atoms with van der Waals surface area (Å²) in [6.07, 6.45) is 7.13. The number of hydrogen-bond donors (Lipinski definition) is 1. The molecule has 92 valence electrons. The molecule has 1 aliphatic rings. The first-order chi connectivity index (χ1) is 8.74. The Morgan fingerprint density at radius 2 is 2.17 bits per heavy atom. The molecule has 0 aromatic carbocycles. The highest BCUT2D eigenvalue weighted by Crippen LogP contribution is 2.25. The molecule has 1 saturated heterocycles. The number of halogens is 1. The van der Waals surface area contributed by atoms with Gasteiger partial charge in [0, 0.05) is 19.3 Å². The first-order valence-corrected chi connectivity index (χ1v) is 5.88. The number of hydrogen-bond acceptors (Lipinski definition) is 4. The minimum absolute atomic E-state index is 0.0298. The topological polar surface area (TPSA) is 51.4 Å². The molecular weight excluding hydrogens is 252 g/mol. The lowest BCUT2D eigenvalue weighted by atomic mass is 10.1. The highest BCUT2D eigenvalue weighted by atomic mass is 35.5. The van der Waals surface area contributed by atoms with Crippen LogP contribution in [-0.4, -0.2) is 29.2 Å². The number of rotatable bonds is 2. The average Bonchev–Trinajstić information content (AvgIpc) is 2.40. The Labute approximate surface area is 110 Å². The Kier molecular flexibility index (Phi) is 3.99. The summed E-state index contributed by atoms with van der Waals surface area (Å²) in [6.45, 7) is 8.34. The van der Waals surface area contributed by atoms with Crippen molar-refractivity contribution in [3.05, 3.63) is 22.3 Å². The minimum atomic E-state index is 0.0298. The summed E-state index contributed by atoms with van der Waals surface area (Å²) in [5.41, 5.74) is 0.317. The van der Waals surface area contributed by atoms with E-state index in [2.05, 4.69) is 26.1 Å². The molecule has 0 aliphatic carbocycles. The predicted molar refractivity (Wildman–Crippen MR) is 68.7 cm³/mol. The van der Waals surface area contributed by atoms with Crippen LogP contribution in [0.4, 0.5) is 11.6 Å². The highest BCUT2D eigenvalue weighted by molar-refractivity contribution is 6.31. The van der Waals surface area contributed by atoms with Crippen molar-refractivity contribution in [2.75, 3.05) is 18.5 Å². The SMILES string of the molecule is [C-]#[N+]c1nc(C#C)c(NC2CCOCC2)nc1Cl. The summed E-state index contributed by atoms with van der Waals surface area (Å²) >= 11 is 5.86. The van der Waals surface area contributed by atoms with Gasteiger partial charge in [0.25, 0.3) is 0 Å². The zero-order valence-corrected chi connectivity index (χ0v) is 10.4. The van der Waals surface area contributed by atoms with E-state index in [0.717, 1.165) is 12.8 Å². The fourth-order valence-corrected chi connectivity index (χ4v) is 1.88. The third-order valence-corrected chi connectivity index (χ3v) is 2.89. The average molecular weight is 263 g/mol. The fraction of sp³-hybridized carbons (Fsp3) is 0.417. The lowest BCUT2D eigenvalue weighted by Gasteiger charge is -2.23. The molecule has 18 heavy (non-hydrogen) atoms. The van der Waals surface area contributed by atoms with Crippen molar-refractivity contribution in [2.24, 2.45) is 0 Å². The van der Waals surface area contributed by atoms with E-state index in [-0.39, 0.29) is 17.0 Å². The fourth-order valence-electron chi connectivity index (χ4n) is 1.71. The van der Waals surface area contributed by atoms with Crippen LogP contribution < -0.4 is 5.32 Å². The summed E-state index contributed by atoms with van der Waals surface area (Å²) < 4.78 is 5.27. The van der Waals surface area contributed by atoms with Crippen LogP contribution in [0.1, 0.15) is 18.5 Å². The summed E-state index contributed by atoms with van der Waals surface area (Å²) in [6, 6.07) is 0.245. The Hall–Kier alpha value is -1.82. The third-order valence-electron chi connectivity index (χ3n) is 2.64. The molecule has 0 radical (unpaired) electrons. The molecule has 1 N–H and O–H groups in total. The standard InChI is InChI=1S/C12H11ClN4O/c1-3-9-11(15-8-4-6-18-7-5-8)17-10(13)12(14-2)16-9/h1,8H,4-7H2,(H,15,17). The van der Waals surface area contributed by atoms with Gasteiger partial charge in [0.15, 0.2) is 11.0 Å². The Morgan fingerprint density at radius 1 is 1.44 bits per heavy atom. The van der Waals surface area contributed by atoms with Crippen LogP contribution in [0.25, 0.3) is 4.85 Å². The van der Waals surface area contributed by atoms with Crippen LogP contribution in [0.3, 0.4) is 0 Å². The maximum atomic E-state index is 6.91. The predicted octanol–water partition coefficient (Wildman–Crippen LogP) is 2.25. The summed E-state index contributed by atoms with van der Waals surface area (Å²) in [5.74, 6) is 2.91. The van der Waals surface area contributed by atoms with Gasteiger partial charge in [-0.2, -0.15) is 0 Å². The van der Waals surface area contributed by atoms with E-state index in [1.807, 2.05) is 0 Å². The van der Waals surface area contributed by atoms with Crippen molar-refractivity contribution < 1.29 is 4.74 Å². The van der Waals surface area contributed by atoms with Crippen molar-refractivity contribution in [1.29, 1.82) is 0 Å². The van der Waals surface area contributed by atoms with E-state index in [1.165, 1.54) is 0 Å². The zero-order chi connectivity index (χ0) is 13.0. The van der Waals surface area contributed by atoms with Gasteiger partial charge in [-0.3, -0.25) is 0 Å². The molecule has 0 atom stereocenters. The number of nitrogens with one attached hydrogen (secondary N) is 1. The van der Waals surface area contributed by atoms with E-state index in [1.54, 1.807) is 0 Å². The van der Waals surface area contributed by atoms with Gasteiger partial charge in [-0.1, -0.05) is 18.2 Å². The smallest absolute Gasteiger partial charge is 0.308 e. The van der Waals surface area contributed by atoms with Gasteiger partial charge in [0.05, 0.1) is 0 Å². The van der Waals surface area contributed by atoms with Gasteiger partial charge in [-0.25, -0.2) is 4.98 Å². The van der Waals surface area contributed by atoms with Crippen LogP contribution in [0, 0.1) is 18.9 Å². The molecule has 1 fully saturated rings. The summed E-state index contributed by atoms with van der Waals surface area (Å²) in [5, 5.41) is 3.28. The largest absolute Gasteiger partial charge is 0.381 e. The maximum Gasteiger partial charge on any atom is 0.308 e. The van der Waals surface area contributed by atoms with Crippen molar-refractivity contribution in [3.63, 3.8) is 0 Å². The Balaban J connectivity index is 2.24. The number of ether oxygens (including phenoxy) is 1. The monoisotopic (exact) mass is 262 g/mol. The van der Waals surface area contributed by atoms with Gasteiger partial charge in [-0.05, 0) is 18.8 Å². The van der Waals surface area contributed by atoms with E-state index in [9.17, 15) is 0 Å². The van der Waals surface area contributed by atoms with Crippen LogP contribution in [0.5, 0.6) is 0 Å². The van der Waals surface area contributed by atoms with Gasteiger partial charge in [-0.15, -0.1) is 11.4 Å². The van der Waals surface area contributed by atoms with Gasteiger partial charge in [0.1, 0.15) is 0 Å². The van der Waals surface area contributed by atoms with E-state index in [0.29, 0.717) is 24.7 Å². The molecule has 1 aromatic rings. The number of aromatic nitrogens is 2. The van der Waals surface area contributed by atoms with Crippen LogP contribution in [0.15, 0.2) is 0 Å². The number of terminal acetylenes is 1. The molecule has 5 nitrogen and oxygen atoms in total. The minimum Gasteiger partial charge on any atom is -0.381 e. The van der Waals surface area contributed by atoms with Gasteiger partial charge < -0.3 is 14.9 Å². The molecule has 0 saturated carbocycles. The maximum absolute atomic E-state index is 6.91. The highest BCUT2D eigenvalue weighted by Gasteiger charge is 2.19. The lowest BCUT2D eigenvalue weighted by molar-refractivity contribution is 0.0904. The van der Waals surface area contributed by atoms with Crippen molar-refractivity contribution in [1.82, 2.24) is 9.97 Å². The zero-order valence-electron chi connectivity index (χ0n) is 9.61. The third kappa shape index (κ3) is 2.70. The van der Waals surface area contributed by atoms with E-state index < -0.39 is 0 Å². The van der Waals surface area contributed by atoms with Crippen molar-refractivity contribution in [2.45, 2.75) is 18.9 Å². The summed E-state index contributed by atoms with van der Waals surface area (Å²) in [7, 11) is 0. The molecule has 0 bridgehead atoms. The first-order valence-electron chi connectivity index (χ1n) is 5.50. The van der Waals surface area contributed by atoms with Crippen molar-refractivity contribution in [3.8, 4) is 12.3 Å².